The molecular formula is C29H29N3O6S. The molecule has 39 heavy (non-hydrogen) atoms. The highest BCUT2D eigenvalue weighted by Gasteiger charge is 2.25. The SMILES string of the molecule is Cc1cc(C)c(Oc2nc(-c3ccc(OC(C)C)cc3)ccc2C(=O)NS(=O)(=O)c2ccc[nH]c2=O)c(C)c1. The van der Waals surface area contributed by atoms with E-state index in [0.717, 1.165) is 28.3 Å². The second-order valence-electron chi connectivity index (χ2n) is 9.37. The maximum absolute atomic E-state index is 13.2. The van der Waals surface area contributed by atoms with Gasteiger partial charge in [0.25, 0.3) is 21.5 Å². The minimum atomic E-state index is -4.47. The van der Waals surface area contributed by atoms with Crippen molar-refractivity contribution >= 4 is 15.9 Å². The minimum Gasteiger partial charge on any atom is -0.491 e. The lowest BCUT2D eigenvalue weighted by Crippen LogP contribution is -2.34. The fourth-order valence-corrected chi connectivity index (χ4v) is 5.13. The number of carbonyl (C=O) groups is 1. The Kier molecular flexibility index (Phi) is 7.87. The number of hydrogen-bond donors (Lipinski definition) is 2. The summed E-state index contributed by atoms with van der Waals surface area (Å²) in [4.78, 5) is 31.6. The predicted octanol–water partition coefficient (Wildman–Crippen LogP) is 5.06. The zero-order chi connectivity index (χ0) is 28.3. The summed E-state index contributed by atoms with van der Waals surface area (Å²) < 4.78 is 39.5. The Morgan fingerprint density at radius 3 is 2.26 bits per heavy atom. The number of rotatable bonds is 8. The highest BCUT2D eigenvalue weighted by molar-refractivity contribution is 7.90. The summed E-state index contributed by atoms with van der Waals surface area (Å²) in [5, 5.41) is 0. The third kappa shape index (κ3) is 6.35. The molecule has 4 aromatic rings. The Morgan fingerprint density at radius 1 is 0.974 bits per heavy atom. The van der Waals surface area contributed by atoms with Gasteiger partial charge in [0, 0.05) is 11.8 Å². The van der Waals surface area contributed by atoms with Gasteiger partial charge in [-0.2, -0.15) is 0 Å². The van der Waals surface area contributed by atoms with E-state index in [-0.39, 0.29) is 17.5 Å². The molecule has 0 saturated carbocycles. The van der Waals surface area contributed by atoms with Crippen LogP contribution in [0.5, 0.6) is 17.4 Å². The molecule has 2 aromatic heterocycles. The molecule has 0 aliphatic heterocycles. The molecule has 0 unspecified atom stereocenters. The number of carbonyl (C=O) groups excluding carboxylic acids is 1. The number of ether oxygens (including phenoxy) is 2. The molecule has 10 heteroatoms. The highest BCUT2D eigenvalue weighted by atomic mass is 32.2. The van der Waals surface area contributed by atoms with E-state index in [2.05, 4.69) is 9.97 Å². The largest absolute Gasteiger partial charge is 0.491 e. The first-order valence-corrected chi connectivity index (χ1v) is 13.7. The van der Waals surface area contributed by atoms with Crippen LogP contribution in [0.4, 0.5) is 0 Å². The van der Waals surface area contributed by atoms with Crippen LogP contribution in [0.1, 0.15) is 40.9 Å². The van der Waals surface area contributed by atoms with Crippen molar-refractivity contribution in [2.75, 3.05) is 0 Å². The Labute approximate surface area is 226 Å². The van der Waals surface area contributed by atoms with Crippen molar-refractivity contribution < 1.29 is 22.7 Å². The first kappa shape index (κ1) is 27.6. The van der Waals surface area contributed by atoms with E-state index in [4.69, 9.17) is 9.47 Å². The van der Waals surface area contributed by atoms with Gasteiger partial charge in [-0.3, -0.25) is 9.59 Å². The average molecular weight is 548 g/mol. The van der Waals surface area contributed by atoms with Crippen molar-refractivity contribution in [3.8, 4) is 28.6 Å². The van der Waals surface area contributed by atoms with E-state index in [0.29, 0.717) is 17.2 Å². The molecule has 0 bridgehead atoms. The van der Waals surface area contributed by atoms with Crippen LogP contribution in [0, 0.1) is 20.8 Å². The van der Waals surface area contributed by atoms with Gasteiger partial charge < -0.3 is 14.5 Å². The molecule has 0 aliphatic carbocycles. The number of aryl methyl sites for hydroxylation is 3. The standard InChI is InChI=1S/C29H29N3O6S/c1-17(2)37-22-10-8-21(9-11-22)24-13-12-23(27(33)32-39(35,36)25-7-6-14-30-28(25)34)29(31-24)38-26-19(4)15-18(3)16-20(26)5/h6-17H,1-5H3,(H,30,34)(H,32,33). The summed E-state index contributed by atoms with van der Waals surface area (Å²) in [6.45, 7) is 9.58. The van der Waals surface area contributed by atoms with Gasteiger partial charge in [-0.25, -0.2) is 18.1 Å². The molecule has 0 spiro atoms. The normalized spacial score (nSPS) is 11.3. The quantitative estimate of drug-likeness (QED) is 0.316. The second kappa shape index (κ2) is 11.1. The van der Waals surface area contributed by atoms with Crippen molar-refractivity contribution in [1.82, 2.24) is 14.7 Å². The van der Waals surface area contributed by atoms with E-state index in [9.17, 15) is 18.0 Å². The van der Waals surface area contributed by atoms with Crippen LogP contribution >= 0.6 is 0 Å². The number of pyridine rings is 2. The molecule has 0 aliphatic rings. The summed E-state index contributed by atoms with van der Waals surface area (Å²) >= 11 is 0. The summed E-state index contributed by atoms with van der Waals surface area (Å²) in [7, 11) is -4.47. The van der Waals surface area contributed by atoms with Crippen LogP contribution in [0.25, 0.3) is 11.3 Å². The third-order valence-electron chi connectivity index (χ3n) is 5.73. The molecule has 2 aromatic carbocycles. The summed E-state index contributed by atoms with van der Waals surface area (Å²) in [6, 6.07) is 16.7. The smallest absolute Gasteiger partial charge is 0.270 e. The van der Waals surface area contributed by atoms with Gasteiger partial charge in [-0.05, 0) is 94.3 Å². The molecule has 0 saturated heterocycles. The number of aromatic nitrogens is 2. The predicted molar refractivity (Wildman–Crippen MR) is 148 cm³/mol. The van der Waals surface area contributed by atoms with Crippen molar-refractivity contribution in [3.63, 3.8) is 0 Å². The van der Waals surface area contributed by atoms with E-state index in [1.54, 1.807) is 6.07 Å². The fraction of sp³-hybridized carbons (Fsp3) is 0.207. The Bertz CT molecular complexity index is 1670. The Morgan fingerprint density at radius 2 is 1.64 bits per heavy atom. The molecule has 2 N–H and O–H groups in total. The van der Waals surface area contributed by atoms with Crippen LogP contribution in [-0.2, 0) is 10.0 Å². The van der Waals surface area contributed by atoms with Crippen LogP contribution in [0.15, 0.2) is 76.6 Å². The molecular weight excluding hydrogens is 518 g/mol. The van der Waals surface area contributed by atoms with Crippen LogP contribution in [-0.4, -0.2) is 30.4 Å². The Balaban J connectivity index is 1.76. The lowest BCUT2D eigenvalue weighted by Gasteiger charge is -2.16. The van der Waals surface area contributed by atoms with Gasteiger partial charge >= 0.3 is 0 Å². The molecule has 4 rings (SSSR count). The van der Waals surface area contributed by atoms with Gasteiger partial charge in [0.15, 0.2) is 4.90 Å². The summed E-state index contributed by atoms with van der Waals surface area (Å²) in [6.07, 6.45) is 1.32. The number of sulfonamides is 1. The van der Waals surface area contributed by atoms with Crippen LogP contribution < -0.4 is 19.8 Å². The van der Waals surface area contributed by atoms with Crippen molar-refractivity contribution in [3.05, 3.63) is 99.5 Å². The van der Waals surface area contributed by atoms with Crippen molar-refractivity contribution in [2.24, 2.45) is 0 Å². The number of amides is 1. The summed E-state index contributed by atoms with van der Waals surface area (Å²) in [5.41, 5.74) is 2.97. The number of nitrogens with one attached hydrogen (secondary N) is 2. The van der Waals surface area contributed by atoms with Gasteiger partial charge in [0.1, 0.15) is 17.1 Å². The van der Waals surface area contributed by atoms with Crippen molar-refractivity contribution in [1.29, 1.82) is 0 Å². The Hall–Kier alpha value is -4.44. The van der Waals surface area contributed by atoms with Crippen LogP contribution in [0.3, 0.4) is 0 Å². The molecule has 9 nitrogen and oxygen atoms in total. The zero-order valence-corrected chi connectivity index (χ0v) is 23.0. The lowest BCUT2D eigenvalue weighted by molar-refractivity contribution is 0.0978. The number of aromatic amines is 1. The maximum Gasteiger partial charge on any atom is 0.270 e. The first-order chi connectivity index (χ1) is 18.4. The first-order valence-electron chi connectivity index (χ1n) is 12.2. The zero-order valence-electron chi connectivity index (χ0n) is 22.2. The monoisotopic (exact) mass is 547 g/mol. The number of nitrogens with zero attached hydrogens (tertiary/aromatic N) is 1. The molecule has 0 radical (unpaired) electrons. The van der Waals surface area contributed by atoms with Gasteiger partial charge in [-0.1, -0.05) is 17.7 Å². The van der Waals surface area contributed by atoms with Crippen LogP contribution in [0.2, 0.25) is 0 Å². The molecule has 0 atom stereocenters. The minimum absolute atomic E-state index is 0.0236. The second-order valence-corrected chi connectivity index (χ2v) is 11.0. The summed E-state index contributed by atoms with van der Waals surface area (Å²) in [5.74, 6) is 0.130. The van der Waals surface area contributed by atoms with Crippen molar-refractivity contribution in [2.45, 2.75) is 45.6 Å². The molecule has 0 fully saturated rings. The number of hydrogen-bond acceptors (Lipinski definition) is 7. The molecule has 1 amide bonds. The molecule has 2 heterocycles. The van der Waals surface area contributed by atoms with Gasteiger partial charge in [0.05, 0.1) is 11.8 Å². The third-order valence-corrected chi connectivity index (χ3v) is 7.08. The number of H-pyrrole nitrogens is 1. The average Bonchev–Trinajstić information content (AvgIpc) is 2.86. The van der Waals surface area contributed by atoms with E-state index in [1.807, 2.05) is 75.7 Å². The van der Waals surface area contributed by atoms with E-state index >= 15 is 0 Å². The number of benzene rings is 2. The van der Waals surface area contributed by atoms with Gasteiger partial charge in [0.2, 0.25) is 5.88 Å². The fourth-order valence-electron chi connectivity index (χ4n) is 4.10. The van der Waals surface area contributed by atoms with E-state index in [1.165, 1.54) is 18.3 Å². The molecule has 202 valence electrons. The van der Waals surface area contributed by atoms with E-state index < -0.39 is 26.4 Å². The topological polar surface area (TPSA) is 127 Å². The maximum atomic E-state index is 13.2. The highest BCUT2D eigenvalue weighted by Crippen LogP contribution is 2.33. The van der Waals surface area contributed by atoms with Gasteiger partial charge in [-0.15, -0.1) is 0 Å². The lowest BCUT2D eigenvalue weighted by atomic mass is 10.1.